The molecule has 9 heteroatoms. The van der Waals surface area contributed by atoms with Gasteiger partial charge in [0.15, 0.2) is 0 Å². The van der Waals surface area contributed by atoms with Gasteiger partial charge in [-0.15, -0.1) is 22.0 Å². The molecule has 0 unspecified atom stereocenters. The van der Waals surface area contributed by atoms with Gasteiger partial charge >= 0.3 is 5.97 Å². The number of carbonyl (C=O) groups is 1. The van der Waals surface area contributed by atoms with Gasteiger partial charge in [-0.1, -0.05) is 43.3 Å². The molecule has 3 aromatic carbocycles. The lowest BCUT2D eigenvalue weighted by atomic mass is 9.99. The molecule has 8 nitrogen and oxygen atoms in total. The van der Waals surface area contributed by atoms with Gasteiger partial charge in [0, 0.05) is 16.1 Å². The number of hydrogen-bond acceptors (Lipinski definition) is 7. The fourth-order valence-electron chi connectivity index (χ4n) is 3.94. The summed E-state index contributed by atoms with van der Waals surface area (Å²) in [7, 11) is 1.39. The molecule has 0 aliphatic carbocycles. The van der Waals surface area contributed by atoms with Crippen LogP contribution in [-0.4, -0.2) is 49.0 Å². The van der Waals surface area contributed by atoms with Gasteiger partial charge in [0.05, 0.1) is 23.7 Å². The van der Waals surface area contributed by atoms with Crippen LogP contribution in [0, 0.1) is 0 Å². The van der Waals surface area contributed by atoms with Crippen molar-refractivity contribution in [1.29, 1.82) is 0 Å². The molecule has 0 fully saturated rings. The van der Waals surface area contributed by atoms with Gasteiger partial charge in [-0.25, -0.2) is 9.78 Å². The number of para-hydroxylation sites is 1. The lowest BCUT2D eigenvalue weighted by Gasteiger charge is -2.15. The van der Waals surface area contributed by atoms with E-state index in [4.69, 9.17) is 4.74 Å². The van der Waals surface area contributed by atoms with E-state index in [2.05, 4.69) is 50.7 Å². The molecule has 5 aromatic rings. The minimum absolute atomic E-state index is 0.390. The highest BCUT2D eigenvalue weighted by Gasteiger charge is 2.18. The van der Waals surface area contributed by atoms with E-state index in [1.54, 1.807) is 24.2 Å². The lowest BCUT2D eigenvalue weighted by molar-refractivity contribution is 0.0602. The molecule has 2 aromatic heterocycles. The van der Waals surface area contributed by atoms with E-state index >= 15 is 0 Å². The summed E-state index contributed by atoms with van der Waals surface area (Å²) in [5.74, 6) is 1.13. The molecule has 0 aliphatic heterocycles. The molecule has 0 saturated carbocycles. The molecule has 0 spiro atoms. The summed E-state index contributed by atoms with van der Waals surface area (Å²) in [5, 5.41) is 14.6. The number of methoxy groups -OCH3 is 1. The highest BCUT2D eigenvalue weighted by molar-refractivity contribution is 7.99. The Hall–Kier alpha value is -3.98. The van der Waals surface area contributed by atoms with Crippen LogP contribution in [0.15, 0.2) is 71.9 Å². The molecule has 0 saturated heterocycles. The van der Waals surface area contributed by atoms with Gasteiger partial charge in [-0.05, 0) is 52.8 Å². The Bertz CT molecular complexity index is 1460. The highest BCUT2D eigenvalue weighted by atomic mass is 32.2. The minimum atomic E-state index is -0.390. The zero-order valence-electron chi connectivity index (χ0n) is 18.7. The molecule has 0 radical (unpaired) electrons. The van der Waals surface area contributed by atoms with E-state index in [-0.39, 0.29) is 0 Å². The van der Waals surface area contributed by atoms with Crippen molar-refractivity contribution in [3.05, 3.63) is 72.6 Å². The first-order chi connectivity index (χ1) is 16.7. The quantitative estimate of drug-likeness (QED) is 0.259. The van der Waals surface area contributed by atoms with Gasteiger partial charge < -0.3 is 4.74 Å². The lowest BCUT2D eigenvalue weighted by Crippen LogP contribution is -2.05. The maximum atomic E-state index is 12.4. The molecule has 5 rings (SSSR count). The third-order valence-electron chi connectivity index (χ3n) is 5.48. The predicted molar refractivity (Wildman–Crippen MR) is 132 cm³/mol. The highest BCUT2D eigenvalue weighted by Crippen LogP contribution is 2.38. The summed E-state index contributed by atoms with van der Waals surface area (Å²) in [5.41, 5.74) is 5.87. The number of aromatic nitrogens is 6. The van der Waals surface area contributed by atoms with E-state index in [9.17, 15) is 4.79 Å². The van der Waals surface area contributed by atoms with Crippen LogP contribution in [0.5, 0.6) is 0 Å². The second kappa shape index (κ2) is 9.48. The maximum absolute atomic E-state index is 12.4. The Balaban J connectivity index is 1.67. The number of tetrazole rings is 1. The van der Waals surface area contributed by atoms with Crippen molar-refractivity contribution in [2.24, 2.45) is 0 Å². The van der Waals surface area contributed by atoms with Gasteiger partial charge in [-0.2, -0.15) is 5.21 Å². The van der Waals surface area contributed by atoms with Crippen molar-refractivity contribution in [3.63, 3.8) is 0 Å². The Morgan fingerprint density at radius 1 is 1.06 bits per heavy atom. The number of benzene rings is 3. The van der Waals surface area contributed by atoms with Gasteiger partial charge in [0.1, 0.15) is 6.33 Å². The van der Waals surface area contributed by atoms with E-state index in [0.29, 0.717) is 11.4 Å². The SMILES string of the molecule is CCCSc1cc(-n2cnc3cccc(C(=O)OC)c32)ccc1-c1ccccc1-c1nn[nH]n1. The van der Waals surface area contributed by atoms with Crippen molar-refractivity contribution in [2.75, 3.05) is 12.9 Å². The summed E-state index contributed by atoms with van der Waals surface area (Å²) < 4.78 is 6.94. The minimum Gasteiger partial charge on any atom is -0.465 e. The fourth-order valence-corrected chi connectivity index (χ4v) is 4.90. The average Bonchev–Trinajstić information content (AvgIpc) is 3.57. The first-order valence-electron chi connectivity index (χ1n) is 10.9. The van der Waals surface area contributed by atoms with Crippen LogP contribution in [0.1, 0.15) is 23.7 Å². The zero-order chi connectivity index (χ0) is 23.5. The first-order valence-corrected chi connectivity index (χ1v) is 11.8. The normalized spacial score (nSPS) is 11.1. The number of nitrogens with one attached hydrogen (secondary N) is 1. The Labute approximate surface area is 200 Å². The van der Waals surface area contributed by atoms with Gasteiger partial charge in [0.2, 0.25) is 5.82 Å². The molecule has 34 heavy (non-hydrogen) atoms. The molecule has 1 N–H and O–H groups in total. The van der Waals surface area contributed by atoms with E-state index in [1.807, 2.05) is 41.0 Å². The standard InChI is InChI=1S/C25H22N6O2S/c1-3-13-34-22-14-16(31-15-26-21-10-6-9-20(23(21)31)25(32)33-2)11-12-18(22)17-7-4-5-8-19(17)24-27-29-30-28-24/h4-12,14-15H,3,13H2,1-2H3,(H,27,28,29,30). The van der Waals surface area contributed by atoms with Crippen LogP contribution >= 0.6 is 11.8 Å². The molecular weight excluding hydrogens is 448 g/mol. The summed E-state index contributed by atoms with van der Waals surface area (Å²) in [6.07, 6.45) is 2.79. The van der Waals surface area contributed by atoms with E-state index in [0.717, 1.165) is 50.5 Å². The number of imidazole rings is 1. The number of rotatable bonds is 7. The van der Waals surface area contributed by atoms with Crippen LogP contribution < -0.4 is 0 Å². The number of hydrogen-bond donors (Lipinski definition) is 1. The second-order valence-corrected chi connectivity index (χ2v) is 8.73. The van der Waals surface area contributed by atoms with Crippen molar-refractivity contribution in [3.8, 4) is 28.2 Å². The van der Waals surface area contributed by atoms with Crippen LogP contribution in [0.2, 0.25) is 0 Å². The van der Waals surface area contributed by atoms with E-state index in [1.165, 1.54) is 7.11 Å². The van der Waals surface area contributed by atoms with Crippen molar-refractivity contribution < 1.29 is 9.53 Å². The van der Waals surface area contributed by atoms with Crippen molar-refractivity contribution in [2.45, 2.75) is 18.2 Å². The van der Waals surface area contributed by atoms with Crippen LogP contribution in [0.25, 0.3) is 39.2 Å². The van der Waals surface area contributed by atoms with Crippen molar-refractivity contribution >= 4 is 28.8 Å². The molecule has 0 amide bonds. The van der Waals surface area contributed by atoms with E-state index < -0.39 is 5.97 Å². The Morgan fingerprint density at radius 2 is 1.91 bits per heavy atom. The van der Waals surface area contributed by atoms with Gasteiger partial charge in [-0.3, -0.25) is 4.57 Å². The molecule has 0 bridgehead atoms. The number of nitrogens with zero attached hydrogens (tertiary/aromatic N) is 5. The number of fused-ring (bicyclic) bond motifs is 1. The first kappa shape index (κ1) is 21.8. The predicted octanol–water partition coefficient (Wildman–Crippen LogP) is 5.16. The topological polar surface area (TPSA) is 98.6 Å². The summed E-state index contributed by atoms with van der Waals surface area (Å²) >= 11 is 1.79. The van der Waals surface area contributed by atoms with Crippen LogP contribution in [0.4, 0.5) is 0 Å². The average molecular weight is 471 g/mol. The molecule has 0 atom stereocenters. The molecule has 0 aliphatic rings. The number of carbonyl (C=O) groups excluding carboxylic acids is 1. The number of H-pyrrole nitrogens is 1. The monoisotopic (exact) mass is 470 g/mol. The summed E-state index contributed by atoms with van der Waals surface area (Å²) in [6, 6.07) is 19.8. The number of thioether (sulfide) groups is 1. The fraction of sp³-hybridized carbons (Fsp3) is 0.160. The van der Waals surface area contributed by atoms with Crippen LogP contribution in [0.3, 0.4) is 0 Å². The zero-order valence-corrected chi connectivity index (χ0v) is 19.5. The largest absolute Gasteiger partial charge is 0.465 e. The number of ether oxygens (including phenoxy) is 1. The van der Waals surface area contributed by atoms with Crippen molar-refractivity contribution in [1.82, 2.24) is 30.2 Å². The summed E-state index contributed by atoms with van der Waals surface area (Å²) in [6.45, 7) is 2.16. The molecule has 170 valence electrons. The smallest absolute Gasteiger partial charge is 0.340 e. The third-order valence-corrected chi connectivity index (χ3v) is 6.74. The number of aromatic amines is 1. The summed E-state index contributed by atoms with van der Waals surface area (Å²) in [4.78, 5) is 18.1. The second-order valence-electron chi connectivity index (χ2n) is 7.59. The Morgan fingerprint density at radius 3 is 2.68 bits per heavy atom. The molecular formula is C25H22N6O2S. The number of esters is 1. The van der Waals surface area contributed by atoms with Gasteiger partial charge in [0.25, 0.3) is 0 Å². The molecule has 2 heterocycles. The third kappa shape index (κ3) is 3.94. The van der Waals surface area contributed by atoms with Crippen LogP contribution in [-0.2, 0) is 4.74 Å². The Kier molecular flexibility index (Phi) is 6.09. The maximum Gasteiger partial charge on any atom is 0.340 e.